The molecule has 0 amide bonds. The van der Waals surface area contributed by atoms with E-state index in [2.05, 4.69) is 14.9 Å². The zero-order valence-electron chi connectivity index (χ0n) is 9.47. The molecule has 2 fully saturated rings. The van der Waals surface area contributed by atoms with Gasteiger partial charge in [-0.3, -0.25) is 5.41 Å². The predicted molar refractivity (Wildman–Crippen MR) is 63.2 cm³/mol. The molecule has 0 saturated carbocycles. The van der Waals surface area contributed by atoms with Crippen LogP contribution in [0.5, 0.6) is 0 Å². The van der Waals surface area contributed by atoms with Gasteiger partial charge in [-0.25, -0.2) is 9.97 Å². The number of morpholine rings is 1. The molecule has 3 rings (SSSR count). The van der Waals surface area contributed by atoms with Gasteiger partial charge in [-0.05, 0) is 12.8 Å². The Morgan fingerprint density at radius 2 is 1.94 bits per heavy atom. The summed E-state index contributed by atoms with van der Waals surface area (Å²) in [7, 11) is 0. The second kappa shape index (κ2) is 3.96. The van der Waals surface area contributed by atoms with E-state index in [1.807, 2.05) is 0 Å². The summed E-state index contributed by atoms with van der Waals surface area (Å²) in [6.07, 6.45) is 5.99. The molecule has 0 aromatic carbocycles. The van der Waals surface area contributed by atoms with Crippen molar-refractivity contribution in [2.24, 2.45) is 5.73 Å². The van der Waals surface area contributed by atoms with Crippen LogP contribution >= 0.6 is 0 Å². The van der Waals surface area contributed by atoms with Gasteiger partial charge in [-0.1, -0.05) is 0 Å². The molecule has 6 nitrogen and oxygen atoms in total. The number of rotatable bonds is 2. The van der Waals surface area contributed by atoms with Gasteiger partial charge in [-0.2, -0.15) is 0 Å². The number of fused-ring (bicyclic) bond motifs is 2. The number of amidine groups is 1. The number of anilines is 1. The van der Waals surface area contributed by atoms with Crippen molar-refractivity contribution in [1.29, 1.82) is 5.41 Å². The first-order valence-electron chi connectivity index (χ1n) is 5.80. The Morgan fingerprint density at radius 1 is 1.29 bits per heavy atom. The molecule has 0 radical (unpaired) electrons. The number of hydrogen-bond donors (Lipinski definition) is 2. The maximum atomic E-state index is 7.53. The molecule has 2 saturated heterocycles. The van der Waals surface area contributed by atoms with Gasteiger partial charge in [0.25, 0.3) is 0 Å². The maximum Gasteiger partial charge on any atom is 0.158 e. The minimum atomic E-state index is -0.0352. The summed E-state index contributed by atoms with van der Waals surface area (Å²) in [5.74, 6) is 0.673. The van der Waals surface area contributed by atoms with E-state index >= 15 is 0 Å². The third-order valence-electron chi connectivity index (χ3n) is 3.28. The molecule has 2 atom stereocenters. The third kappa shape index (κ3) is 1.84. The van der Waals surface area contributed by atoms with Crippen LogP contribution in [0.1, 0.15) is 18.5 Å². The number of nitrogen functional groups attached to an aromatic ring is 1. The first kappa shape index (κ1) is 10.5. The number of aromatic nitrogens is 2. The summed E-state index contributed by atoms with van der Waals surface area (Å²) < 4.78 is 5.77. The van der Waals surface area contributed by atoms with Gasteiger partial charge in [0.15, 0.2) is 5.82 Å². The second-order valence-corrected chi connectivity index (χ2v) is 4.50. The lowest BCUT2D eigenvalue weighted by atomic mass is 10.2. The molecule has 2 aliphatic rings. The van der Waals surface area contributed by atoms with E-state index in [0.29, 0.717) is 11.5 Å². The molecule has 90 valence electrons. The highest BCUT2D eigenvalue weighted by molar-refractivity contribution is 5.97. The Morgan fingerprint density at radius 3 is 2.59 bits per heavy atom. The summed E-state index contributed by atoms with van der Waals surface area (Å²) in [4.78, 5) is 10.6. The van der Waals surface area contributed by atoms with Crippen LogP contribution in [0.2, 0.25) is 0 Å². The van der Waals surface area contributed by atoms with E-state index in [9.17, 15) is 0 Å². The lowest BCUT2D eigenvalue weighted by molar-refractivity contribution is 0.0302. The van der Waals surface area contributed by atoms with Gasteiger partial charge < -0.3 is 15.4 Å². The summed E-state index contributed by atoms with van der Waals surface area (Å²) >= 11 is 0. The van der Waals surface area contributed by atoms with Crippen LogP contribution in [0.25, 0.3) is 0 Å². The zero-order chi connectivity index (χ0) is 11.8. The first-order valence-corrected chi connectivity index (χ1v) is 5.80. The second-order valence-electron chi connectivity index (χ2n) is 4.50. The quantitative estimate of drug-likeness (QED) is 0.560. The van der Waals surface area contributed by atoms with Gasteiger partial charge in [0.05, 0.1) is 12.2 Å². The van der Waals surface area contributed by atoms with Crippen molar-refractivity contribution >= 4 is 11.7 Å². The molecule has 3 N–H and O–H groups in total. The standard InChI is InChI=1S/C11H15N5O/c12-10(13)9-11(15-4-3-14-9)16-5-7-1-2-8(6-16)17-7/h3-4,7-8H,1-2,5-6H2,(H3,12,13). The van der Waals surface area contributed by atoms with Crippen LogP contribution in [-0.4, -0.2) is 41.1 Å². The van der Waals surface area contributed by atoms with E-state index in [-0.39, 0.29) is 18.0 Å². The number of nitrogens with zero attached hydrogens (tertiary/aromatic N) is 3. The van der Waals surface area contributed by atoms with Crippen molar-refractivity contribution in [1.82, 2.24) is 9.97 Å². The number of nitrogens with two attached hydrogens (primary N) is 1. The van der Waals surface area contributed by atoms with Crippen LogP contribution < -0.4 is 10.6 Å². The Hall–Kier alpha value is -1.69. The minimum Gasteiger partial charge on any atom is -0.382 e. The first-order chi connectivity index (χ1) is 8.24. The highest BCUT2D eigenvalue weighted by atomic mass is 16.5. The average molecular weight is 233 g/mol. The summed E-state index contributed by atoms with van der Waals surface area (Å²) in [6, 6.07) is 0. The lowest BCUT2D eigenvalue weighted by Gasteiger charge is -2.33. The number of hydrogen-bond acceptors (Lipinski definition) is 5. The molecule has 6 heteroatoms. The Balaban J connectivity index is 1.91. The topological polar surface area (TPSA) is 88.1 Å². The molecule has 1 aromatic rings. The van der Waals surface area contributed by atoms with Gasteiger partial charge >= 0.3 is 0 Å². The van der Waals surface area contributed by atoms with Crippen molar-refractivity contribution in [2.75, 3.05) is 18.0 Å². The Labute approximate surface area is 99.3 Å². The highest BCUT2D eigenvalue weighted by Gasteiger charge is 2.35. The molecule has 17 heavy (non-hydrogen) atoms. The van der Waals surface area contributed by atoms with Crippen molar-refractivity contribution in [2.45, 2.75) is 25.0 Å². The zero-order valence-corrected chi connectivity index (χ0v) is 9.47. The molecular weight excluding hydrogens is 218 g/mol. The fourth-order valence-corrected chi connectivity index (χ4v) is 2.54. The largest absolute Gasteiger partial charge is 0.382 e. The van der Waals surface area contributed by atoms with E-state index in [1.165, 1.54) is 0 Å². The Bertz CT molecular complexity index is 437. The van der Waals surface area contributed by atoms with Gasteiger partial charge in [0.2, 0.25) is 0 Å². The lowest BCUT2D eigenvalue weighted by Crippen LogP contribution is -2.44. The maximum absolute atomic E-state index is 7.53. The molecule has 2 bridgehead atoms. The average Bonchev–Trinajstić information content (AvgIpc) is 2.68. The number of nitrogens with one attached hydrogen (secondary N) is 1. The van der Waals surface area contributed by atoms with E-state index in [4.69, 9.17) is 15.9 Å². The minimum absolute atomic E-state index is 0.0352. The van der Waals surface area contributed by atoms with Gasteiger partial charge in [0.1, 0.15) is 11.5 Å². The van der Waals surface area contributed by atoms with Crippen molar-refractivity contribution in [3.8, 4) is 0 Å². The van der Waals surface area contributed by atoms with Crippen LogP contribution in [0.15, 0.2) is 12.4 Å². The molecule has 2 unspecified atom stereocenters. The molecule has 3 heterocycles. The van der Waals surface area contributed by atoms with Crippen LogP contribution in [0.3, 0.4) is 0 Å². The van der Waals surface area contributed by atoms with Crippen molar-refractivity contribution < 1.29 is 4.74 Å². The van der Waals surface area contributed by atoms with Crippen LogP contribution in [0, 0.1) is 5.41 Å². The molecule has 0 aliphatic carbocycles. The highest BCUT2D eigenvalue weighted by Crippen LogP contribution is 2.29. The third-order valence-corrected chi connectivity index (χ3v) is 3.28. The van der Waals surface area contributed by atoms with E-state index < -0.39 is 0 Å². The number of ether oxygens (including phenoxy) is 1. The van der Waals surface area contributed by atoms with Gasteiger partial charge in [-0.15, -0.1) is 0 Å². The van der Waals surface area contributed by atoms with Crippen LogP contribution in [0.4, 0.5) is 5.82 Å². The fourth-order valence-electron chi connectivity index (χ4n) is 2.54. The molecule has 1 aromatic heterocycles. The fraction of sp³-hybridized carbons (Fsp3) is 0.545. The summed E-state index contributed by atoms with van der Waals surface area (Å²) in [5, 5.41) is 7.53. The molecular formula is C11H15N5O. The Kier molecular flexibility index (Phi) is 2.44. The summed E-state index contributed by atoms with van der Waals surface area (Å²) in [5.41, 5.74) is 6.00. The predicted octanol–water partition coefficient (Wildman–Crippen LogP) is 0.128. The normalized spacial score (nSPS) is 27.2. The smallest absolute Gasteiger partial charge is 0.158 e. The van der Waals surface area contributed by atoms with Gasteiger partial charge in [0, 0.05) is 25.5 Å². The SMILES string of the molecule is N=C(N)c1nccnc1N1CC2CCC(C1)O2. The van der Waals surface area contributed by atoms with E-state index in [1.54, 1.807) is 12.4 Å². The van der Waals surface area contributed by atoms with Crippen molar-refractivity contribution in [3.05, 3.63) is 18.1 Å². The molecule has 2 aliphatic heterocycles. The van der Waals surface area contributed by atoms with E-state index in [0.717, 1.165) is 25.9 Å². The van der Waals surface area contributed by atoms with Crippen LogP contribution in [-0.2, 0) is 4.74 Å². The monoisotopic (exact) mass is 233 g/mol. The summed E-state index contributed by atoms with van der Waals surface area (Å²) in [6.45, 7) is 1.63. The molecule has 0 spiro atoms. The van der Waals surface area contributed by atoms with Crippen molar-refractivity contribution in [3.63, 3.8) is 0 Å².